The molecule has 0 aliphatic heterocycles. The van der Waals surface area contributed by atoms with E-state index in [2.05, 4.69) is 148 Å². The van der Waals surface area contributed by atoms with Crippen molar-refractivity contribution in [2.24, 2.45) is 0 Å². The summed E-state index contributed by atoms with van der Waals surface area (Å²) >= 11 is 0. The topological polar surface area (TPSA) is 44.9 Å². The van der Waals surface area contributed by atoms with E-state index < -0.39 is 0 Å². The summed E-state index contributed by atoms with van der Waals surface area (Å²) in [4.78, 5) is 4.77. The maximum absolute atomic E-state index is 6.65. The van der Waals surface area contributed by atoms with Crippen molar-refractivity contribution in [3.05, 3.63) is 132 Å². The third kappa shape index (κ3) is 6.13. The molecule has 48 heavy (non-hydrogen) atoms. The quantitative estimate of drug-likeness (QED) is 0.144. The van der Waals surface area contributed by atoms with Crippen LogP contribution in [-0.2, 0) is 45.7 Å². The minimum Gasteiger partial charge on any atom is -0.509 e. The minimum absolute atomic E-state index is 0. The molecule has 0 saturated carbocycles. The van der Waals surface area contributed by atoms with Crippen molar-refractivity contribution in [1.82, 2.24) is 19.3 Å². The minimum atomic E-state index is -0.118. The summed E-state index contributed by atoms with van der Waals surface area (Å²) in [5.41, 5.74) is 9.80. The van der Waals surface area contributed by atoms with Crippen LogP contribution in [-0.4, -0.2) is 19.3 Å². The number of nitrogens with zero attached hydrogens (tertiary/aromatic N) is 4. The van der Waals surface area contributed by atoms with Crippen molar-refractivity contribution in [2.45, 2.75) is 66.2 Å². The van der Waals surface area contributed by atoms with Gasteiger partial charge in [-0.2, -0.15) is 11.2 Å². The molecule has 0 bridgehead atoms. The molecular weight excluding hydrogens is 772 g/mol. The molecule has 0 aliphatic rings. The Bertz CT molecular complexity index is 2220. The van der Waals surface area contributed by atoms with E-state index in [0.29, 0.717) is 11.5 Å². The molecule has 6 heteroatoms. The Labute approximate surface area is 297 Å². The fourth-order valence-corrected chi connectivity index (χ4v) is 6.44. The molecule has 0 amide bonds. The van der Waals surface area contributed by atoms with Crippen molar-refractivity contribution in [3.63, 3.8) is 0 Å². The van der Waals surface area contributed by atoms with Gasteiger partial charge < -0.3 is 9.30 Å². The van der Waals surface area contributed by atoms with E-state index in [-0.39, 0.29) is 26.5 Å². The molecule has 0 atom stereocenters. The summed E-state index contributed by atoms with van der Waals surface area (Å²) < 4.78 is 10.9. The van der Waals surface area contributed by atoms with Crippen molar-refractivity contribution in [1.29, 1.82) is 0 Å². The van der Waals surface area contributed by atoms with Gasteiger partial charge in [0.1, 0.15) is 5.82 Å². The zero-order valence-electron chi connectivity index (χ0n) is 28.4. The van der Waals surface area contributed by atoms with E-state index in [1.165, 1.54) is 22.4 Å². The first-order chi connectivity index (χ1) is 22.8. The number of fused-ring (bicyclic) bond motifs is 3. The van der Waals surface area contributed by atoms with Gasteiger partial charge >= 0.3 is 21.1 Å². The predicted molar refractivity (Wildman–Crippen MR) is 192 cm³/mol. The van der Waals surface area contributed by atoms with Gasteiger partial charge in [-0.25, -0.2) is 4.98 Å². The van der Waals surface area contributed by atoms with E-state index in [0.717, 1.165) is 63.8 Å². The number of aromatic nitrogens is 4. The van der Waals surface area contributed by atoms with Gasteiger partial charge in [0.2, 0.25) is 0 Å². The van der Waals surface area contributed by atoms with E-state index in [4.69, 9.17) is 14.8 Å². The van der Waals surface area contributed by atoms with Gasteiger partial charge in [-0.1, -0.05) is 95.6 Å². The second-order valence-corrected chi connectivity index (χ2v) is 13.0. The normalized spacial score (nSPS) is 11.6. The summed E-state index contributed by atoms with van der Waals surface area (Å²) in [5.74, 6) is 2.13. The number of hydrogen-bond acceptors (Lipinski definition) is 3. The average molecular weight is 812 g/mol. The molecule has 0 N–H and O–H groups in total. The molecule has 5 nitrogen and oxygen atoms in total. The van der Waals surface area contributed by atoms with Crippen LogP contribution < -0.4 is 4.74 Å². The van der Waals surface area contributed by atoms with Crippen LogP contribution in [0.5, 0.6) is 11.5 Å². The van der Waals surface area contributed by atoms with Crippen molar-refractivity contribution < 1.29 is 25.8 Å². The summed E-state index contributed by atoms with van der Waals surface area (Å²) in [6.45, 7) is 13.2. The average Bonchev–Trinajstić information content (AvgIpc) is 3.63. The molecule has 7 aromatic rings. The smallest absolute Gasteiger partial charge is 0.509 e. The van der Waals surface area contributed by atoms with Crippen LogP contribution in [0.3, 0.4) is 0 Å². The van der Waals surface area contributed by atoms with Crippen LogP contribution in [0.25, 0.3) is 44.4 Å². The van der Waals surface area contributed by atoms with Gasteiger partial charge in [-0.15, -0.1) is 41.3 Å². The molecule has 0 unspecified atom stereocenters. The van der Waals surface area contributed by atoms with Gasteiger partial charge in [0.15, 0.2) is 0 Å². The summed E-state index contributed by atoms with van der Waals surface area (Å²) in [7, 11) is 0. The molecular formula is C42H40N4OPt. The first-order valence-corrected chi connectivity index (χ1v) is 16.6. The third-order valence-corrected chi connectivity index (χ3v) is 8.93. The zero-order valence-corrected chi connectivity index (χ0v) is 30.6. The number of hydrogen-bond donors (Lipinski definition) is 0. The fourth-order valence-electron chi connectivity index (χ4n) is 6.44. The third-order valence-electron chi connectivity index (χ3n) is 8.93. The first kappa shape index (κ1) is 33.4. The van der Waals surface area contributed by atoms with Crippen LogP contribution in [0.4, 0.5) is 0 Å². The molecule has 244 valence electrons. The molecule has 7 rings (SSSR count). The van der Waals surface area contributed by atoms with Crippen molar-refractivity contribution in [3.8, 4) is 34.1 Å². The Kier molecular flexibility index (Phi) is 9.45. The monoisotopic (exact) mass is 811 g/mol. The predicted octanol–water partition coefficient (Wildman–Crippen LogP) is 10.4. The van der Waals surface area contributed by atoms with Crippen molar-refractivity contribution >= 4 is 21.8 Å². The Hall–Kier alpha value is -4.47. The number of para-hydroxylation sites is 1. The Balaban J connectivity index is 0.00000401. The number of rotatable bonds is 8. The molecule has 4 aromatic carbocycles. The van der Waals surface area contributed by atoms with Crippen LogP contribution in [0, 0.1) is 12.1 Å². The van der Waals surface area contributed by atoms with E-state index in [1.807, 2.05) is 12.3 Å². The SMILES string of the molecule is CCc1ccnc(-n2c3[c-]c(Oc4[c-]c(-n5nc(CC)c(-c6ccccc6)c5CC)cc(C(C)(C)C)c4)ccc3c3ccccc32)c1.[Pt+2]. The number of ether oxygens (including phenoxy) is 1. The number of benzene rings is 4. The molecule has 3 heterocycles. The van der Waals surface area contributed by atoms with Gasteiger partial charge in [-0.3, -0.25) is 4.68 Å². The molecule has 0 radical (unpaired) electrons. The van der Waals surface area contributed by atoms with Crippen LogP contribution >= 0.6 is 0 Å². The van der Waals surface area contributed by atoms with Crippen molar-refractivity contribution in [2.75, 3.05) is 0 Å². The zero-order chi connectivity index (χ0) is 32.7. The van der Waals surface area contributed by atoms with Gasteiger partial charge in [0.05, 0.1) is 5.69 Å². The van der Waals surface area contributed by atoms with Gasteiger partial charge in [0, 0.05) is 34.5 Å². The summed E-state index contributed by atoms with van der Waals surface area (Å²) in [6.07, 6.45) is 4.50. The largest absolute Gasteiger partial charge is 2.00 e. The molecule has 3 aromatic heterocycles. The number of aryl methyl sites for hydroxylation is 2. The molecule has 0 aliphatic carbocycles. The Morgan fingerprint density at radius 1 is 0.750 bits per heavy atom. The van der Waals surface area contributed by atoms with E-state index >= 15 is 0 Å². The Morgan fingerprint density at radius 3 is 2.25 bits per heavy atom. The van der Waals surface area contributed by atoms with Gasteiger partial charge in [-0.05, 0) is 65.1 Å². The summed E-state index contributed by atoms with van der Waals surface area (Å²) in [5, 5.41) is 7.42. The molecule has 0 saturated heterocycles. The van der Waals surface area contributed by atoms with E-state index in [9.17, 15) is 0 Å². The second kappa shape index (κ2) is 13.6. The summed E-state index contributed by atoms with van der Waals surface area (Å²) in [6, 6.07) is 38.9. The molecule has 0 spiro atoms. The maximum atomic E-state index is 6.65. The van der Waals surface area contributed by atoms with E-state index in [1.54, 1.807) is 0 Å². The fraction of sp³-hybridized carbons (Fsp3) is 0.238. The molecule has 0 fully saturated rings. The second-order valence-electron chi connectivity index (χ2n) is 13.0. The van der Waals surface area contributed by atoms with Gasteiger partial charge in [0.25, 0.3) is 0 Å². The maximum Gasteiger partial charge on any atom is 2.00 e. The standard InChI is InChI=1S/C42H40N4O.Pt/c1-7-28-21-22-43-40(23-28)45-38-18-14-13-17-34(38)35-20-19-32(27-39(35)45)47-33-25-30(42(4,5)6)24-31(26-33)46-37(9-3)41(36(8-2)44-46)29-15-11-10-12-16-29;/h10-25H,7-9H2,1-6H3;/q-2;+2. The first-order valence-electron chi connectivity index (χ1n) is 16.6. The van der Waals surface area contributed by atoms with Crippen LogP contribution in [0.15, 0.2) is 97.2 Å². The Morgan fingerprint density at radius 2 is 1.52 bits per heavy atom. The van der Waals surface area contributed by atoms with Crippen LogP contribution in [0.2, 0.25) is 0 Å². The van der Waals surface area contributed by atoms with Crippen LogP contribution in [0.1, 0.15) is 64.1 Å². The number of pyridine rings is 1.